The van der Waals surface area contributed by atoms with Crippen LogP contribution in [0.5, 0.6) is 0 Å². The molecular weight excluding hydrogens is 556 g/mol. The summed E-state index contributed by atoms with van der Waals surface area (Å²) in [7, 11) is 0. The van der Waals surface area contributed by atoms with Crippen LogP contribution in [0.3, 0.4) is 0 Å². The van der Waals surface area contributed by atoms with Gasteiger partial charge in [-0.1, -0.05) is 162 Å². The summed E-state index contributed by atoms with van der Waals surface area (Å²) in [5, 5.41) is 13.9. The molecule has 272 valence electrons. The third-order valence-corrected chi connectivity index (χ3v) is 8.86. The number of ether oxygens (including phenoxy) is 2. The van der Waals surface area contributed by atoms with Gasteiger partial charge in [0.05, 0.1) is 12.7 Å². The molecule has 45 heavy (non-hydrogen) atoms. The monoisotopic (exact) mass is 641 g/mol. The van der Waals surface area contributed by atoms with Crippen molar-refractivity contribution in [2.24, 2.45) is 0 Å². The summed E-state index contributed by atoms with van der Waals surface area (Å²) in [6, 6.07) is 0. The SMILES string of the molecule is CCCCCCCCCCCCCCOCC(CNCCNCCNCCNCC)OCCCCCCCCCCCCCC. The van der Waals surface area contributed by atoms with Gasteiger partial charge in [-0.3, -0.25) is 0 Å². The number of unbranched alkanes of at least 4 members (excludes halogenated alkanes) is 22. The van der Waals surface area contributed by atoms with Gasteiger partial charge in [0.15, 0.2) is 0 Å². The molecule has 6 nitrogen and oxygen atoms in total. The minimum Gasteiger partial charge on any atom is -0.379 e. The first-order valence-electron chi connectivity index (χ1n) is 20.4. The summed E-state index contributed by atoms with van der Waals surface area (Å²) in [5.41, 5.74) is 0. The van der Waals surface area contributed by atoms with E-state index in [4.69, 9.17) is 9.47 Å². The van der Waals surface area contributed by atoms with Gasteiger partial charge in [-0.25, -0.2) is 0 Å². The first-order valence-corrected chi connectivity index (χ1v) is 20.4. The molecule has 0 spiro atoms. The number of hydrogen-bond acceptors (Lipinski definition) is 6. The van der Waals surface area contributed by atoms with E-state index in [0.29, 0.717) is 6.61 Å². The fraction of sp³-hybridized carbons (Fsp3) is 1.00. The van der Waals surface area contributed by atoms with Gasteiger partial charge >= 0.3 is 0 Å². The molecule has 0 aromatic carbocycles. The Bertz CT molecular complexity index is 511. The molecule has 0 bridgehead atoms. The molecule has 1 unspecified atom stereocenters. The van der Waals surface area contributed by atoms with E-state index in [0.717, 1.165) is 65.6 Å². The average Bonchev–Trinajstić information content (AvgIpc) is 3.05. The van der Waals surface area contributed by atoms with Crippen molar-refractivity contribution in [2.75, 3.05) is 72.2 Å². The minimum atomic E-state index is 0.155. The van der Waals surface area contributed by atoms with Gasteiger partial charge in [0, 0.05) is 59.0 Å². The molecule has 0 aliphatic rings. The van der Waals surface area contributed by atoms with Crippen molar-refractivity contribution >= 4 is 0 Å². The quantitative estimate of drug-likeness (QED) is 0.0500. The van der Waals surface area contributed by atoms with Crippen molar-refractivity contribution in [1.82, 2.24) is 21.3 Å². The highest BCUT2D eigenvalue weighted by Gasteiger charge is 2.09. The van der Waals surface area contributed by atoms with Crippen molar-refractivity contribution < 1.29 is 9.47 Å². The zero-order valence-corrected chi connectivity index (χ0v) is 31.1. The Kier molecular flexibility index (Phi) is 41.6. The van der Waals surface area contributed by atoms with Crippen LogP contribution >= 0.6 is 0 Å². The lowest BCUT2D eigenvalue weighted by atomic mass is 10.1. The zero-order valence-electron chi connectivity index (χ0n) is 31.1. The Morgan fingerprint density at radius 3 is 1.16 bits per heavy atom. The smallest absolute Gasteiger partial charge is 0.0932 e. The Balaban J connectivity index is 3.90. The first kappa shape index (κ1) is 44.8. The Morgan fingerprint density at radius 1 is 0.378 bits per heavy atom. The Labute approximate surface area is 283 Å². The summed E-state index contributed by atoms with van der Waals surface area (Å²) in [6.45, 7) is 17.2. The Hall–Kier alpha value is -0.240. The van der Waals surface area contributed by atoms with Crippen molar-refractivity contribution in [1.29, 1.82) is 0 Å². The van der Waals surface area contributed by atoms with Crippen LogP contribution in [0.15, 0.2) is 0 Å². The molecule has 0 aliphatic heterocycles. The van der Waals surface area contributed by atoms with E-state index < -0.39 is 0 Å². The van der Waals surface area contributed by atoms with E-state index in [1.807, 2.05) is 0 Å². The van der Waals surface area contributed by atoms with Crippen LogP contribution in [0, 0.1) is 0 Å². The van der Waals surface area contributed by atoms with Crippen molar-refractivity contribution in [3.8, 4) is 0 Å². The molecule has 0 saturated heterocycles. The highest BCUT2D eigenvalue weighted by Crippen LogP contribution is 2.13. The lowest BCUT2D eigenvalue weighted by Gasteiger charge is -2.19. The van der Waals surface area contributed by atoms with Crippen LogP contribution in [-0.2, 0) is 9.47 Å². The summed E-state index contributed by atoms with van der Waals surface area (Å²) < 4.78 is 12.4. The molecule has 0 saturated carbocycles. The minimum absolute atomic E-state index is 0.155. The van der Waals surface area contributed by atoms with Gasteiger partial charge in [0.2, 0.25) is 0 Å². The second kappa shape index (κ2) is 41.8. The maximum atomic E-state index is 6.32. The second-order valence-corrected chi connectivity index (χ2v) is 13.4. The van der Waals surface area contributed by atoms with Gasteiger partial charge < -0.3 is 30.7 Å². The average molecular weight is 641 g/mol. The third kappa shape index (κ3) is 39.9. The molecule has 0 aromatic heterocycles. The maximum Gasteiger partial charge on any atom is 0.0932 e. The first-order chi connectivity index (χ1) is 22.3. The standard InChI is InChI=1S/C39H84N4O2/c1-4-7-9-11-13-15-17-19-21-23-25-27-35-44-38-39(37-43-34-33-42-32-31-41-30-29-40-6-3)45-36-28-26-24-22-20-18-16-14-12-10-8-5-2/h39-43H,4-38H2,1-3H3. The topological polar surface area (TPSA) is 66.6 Å². The van der Waals surface area contributed by atoms with Crippen LogP contribution in [0.4, 0.5) is 0 Å². The van der Waals surface area contributed by atoms with E-state index in [1.54, 1.807) is 0 Å². The normalized spacial score (nSPS) is 12.3. The van der Waals surface area contributed by atoms with E-state index in [9.17, 15) is 0 Å². The summed E-state index contributed by atoms with van der Waals surface area (Å²) >= 11 is 0. The number of rotatable bonds is 41. The molecule has 0 amide bonds. The molecule has 0 aromatic rings. The lowest BCUT2D eigenvalue weighted by Crippen LogP contribution is -2.38. The Morgan fingerprint density at radius 2 is 0.733 bits per heavy atom. The van der Waals surface area contributed by atoms with Gasteiger partial charge in [-0.15, -0.1) is 0 Å². The molecule has 0 rings (SSSR count). The molecule has 1 atom stereocenters. The number of hydrogen-bond donors (Lipinski definition) is 4. The van der Waals surface area contributed by atoms with Gasteiger partial charge in [0.25, 0.3) is 0 Å². The van der Waals surface area contributed by atoms with Crippen molar-refractivity contribution in [3.63, 3.8) is 0 Å². The molecular formula is C39H84N4O2. The van der Waals surface area contributed by atoms with Crippen LogP contribution in [0.1, 0.15) is 175 Å². The van der Waals surface area contributed by atoms with E-state index >= 15 is 0 Å². The van der Waals surface area contributed by atoms with Gasteiger partial charge in [-0.05, 0) is 19.4 Å². The number of nitrogens with one attached hydrogen (secondary N) is 4. The highest BCUT2D eigenvalue weighted by atomic mass is 16.5. The van der Waals surface area contributed by atoms with Crippen molar-refractivity contribution in [2.45, 2.75) is 181 Å². The van der Waals surface area contributed by atoms with E-state index in [-0.39, 0.29) is 6.10 Å². The third-order valence-electron chi connectivity index (χ3n) is 8.86. The summed E-state index contributed by atoms with van der Waals surface area (Å²) in [4.78, 5) is 0. The molecule has 6 heteroatoms. The summed E-state index contributed by atoms with van der Waals surface area (Å²) in [5.74, 6) is 0. The highest BCUT2D eigenvalue weighted by molar-refractivity contribution is 4.64. The zero-order chi connectivity index (χ0) is 32.6. The molecule has 0 radical (unpaired) electrons. The molecule has 0 fully saturated rings. The fourth-order valence-electron chi connectivity index (χ4n) is 5.84. The van der Waals surface area contributed by atoms with Gasteiger partial charge in [0.1, 0.15) is 0 Å². The largest absolute Gasteiger partial charge is 0.379 e. The van der Waals surface area contributed by atoms with Gasteiger partial charge in [-0.2, -0.15) is 0 Å². The summed E-state index contributed by atoms with van der Waals surface area (Å²) in [6.07, 6.45) is 33.3. The lowest BCUT2D eigenvalue weighted by molar-refractivity contribution is -0.0174. The second-order valence-electron chi connectivity index (χ2n) is 13.4. The van der Waals surface area contributed by atoms with Crippen LogP contribution in [0.2, 0.25) is 0 Å². The molecule has 0 aliphatic carbocycles. The van der Waals surface area contributed by atoms with E-state index in [1.165, 1.54) is 154 Å². The predicted molar refractivity (Wildman–Crippen MR) is 200 cm³/mol. The molecule has 4 N–H and O–H groups in total. The molecule has 0 heterocycles. The number of likely N-dealkylation sites (N-methyl/N-ethyl adjacent to an activating group) is 1. The van der Waals surface area contributed by atoms with E-state index in [2.05, 4.69) is 42.0 Å². The van der Waals surface area contributed by atoms with Crippen LogP contribution in [-0.4, -0.2) is 78.3 Å². The van der Waals surface area contributed by atoms with Crippen LogP contribution in [0.25, 0.3) is 0 Å². The fourth-order valence-corrected chi connectivity index (χ4v) is 5.84. The maximum absolute atomic E-state index is 6.32. The predicted octanol–water partition coefficient (Wildman–Crippen LogP) is 9.17. The van der Waals surface area contributed by atoms with Crippen molar-refractivity contribution in [3.05, 3.63) is 0 Å². The van der Waals surface area contributed by atoms with Crippen LogP contribution < -0.4 is 21.3 Å².